The van der Waals surface area contributed by atoms with E-state index in [-0.39, 0.29) is 17.6 Å². The summed E-state index contributed by atoms with van der Waals surface area (Å²) in [5, 5.41) is 13.6. The molecule has 1 saturated heterocycles. The summed E-state index contributed by atoms with van der Waals surface area (Å²) in [7, 11) is 0. The Kier molecular flexibility index (Phi) is 6.11. The summed E-state index contributed by atoms with van der Waals surface area (Å²) in [6, 6.07) is 23.2. The minimum atomic E-state index is -0.511. The summed E-state index contributed by atoms with van der Waals surface area (Å²) in [4.78, 5) is 28.6. The molecule has 3 aromatic rings. The number of aliphatic hydroxyl groups is 1. The van der Waals surface area contributed by atoms with Crippen molar-refractivity contribution >= 4 is 11.7 Å². The molecule has 2 aliphatic heterocycles. The molecule has 0 saturated carbocycles. The molecule has 2 aromatic carbocycles. The Labute approximate surface area is 193 Å². The smallest absolute Gasteiger partial charge is 0.229 e. The second-order valence-corrected chi connectivity index (χ2v) is 9.14. The number of nitrogens with one attached hydrogen (secondary N) is 1. The van der Waals surface area contributed by atoms with Gasteiger partial charge in [-0.25, -0.2) is 0 Å². The predicted octanol–water partition coefficient (Wildman–Crippen LogP) is 3.04. The molecule has 1 aromatic heterocycles. The number of amides is 1. The average molecular weight is 444 g/mol. The molecule has 0 aliphatic carbocycles. The standard InChI is InChI=1S/C27H29N3O3/c31-24-14-20(17-30(24)16-19-8-3-1-4-9-19)15-28-27(33)25-22(18-29-13-7-12-23(25)29)26(32)21-10-5-2-6-11-21/h1-13,20,22,24-25,31H,14-18H2,(H,28,33). The van der Waals surface area contributed by atoms with Crippen LogP contribution in [0, 0.1) is 11.8 Å². The van der Waals surface area contributed by atoms with Crippen LogP contribution in [0.1, 0.15) is 34.0 Å². The Hall–Kier alpha value is -3.22. The minimum Gasteiger partial charge on any atom is -0.378 e. The zero-order chi connectivity index (χ0) is 22.8. The molecule has 3 heterocycles. The van der Waals surface area contributed by atoms with Crippen molar-refractivity contribution in [1.29, 1.82) is 0 Å². The highest BCUT2D eigenvalue weighted by Gasteiger charge is 2.42. The van der Waals surface area contributed by atoms with Crippen molar-refractivity contribution in [3.05, 3.63) is 95.8 Å². The van der Waals surface area contributed by atoms with Crippen LogP contribution in [-0.2, 0) is 17.9 Å². The second-order valence-electron chi connectivity index (χ2n) is 9.14. The van der Waals surface area contributed by atoms with Crippen molar-refractivity contribution in [2.24, 2.45) is 11.8 Å². The first kappa shape index (κ1) is 21.6. The van der Waals surface area contributed by atoms with E-state index < -0.39 is 18.1 Å². The van der Waals surface area contributed by atoms with E-state index in [9.17, 15) is 14.7 Å². The van der Waals surface area contributed by atoms with Crippen LogP contribution >= 0.6 is 0 Å². The quantitative estimate of drug-likeness (QED) is 0.551. The molecule has 6 heteroatoms. The predicted molar refractivity (Wildman–Crippen MR) is 125 cm³/mol. The molecule has 4 unspecified atom stereocenters. The topological polar surface area (TPSA) is 74.6 Å². The van der Waals surface area contributed by atoms with Gasteiger partial charge < -0.3 is 15.0 Å². The Morgan fingerprint density at radius 2 is 1.67 bits per heavy atom. The van der Waals surface area contributed by atoms with Crippen LogP contribution in [0.3, 0.4) is 0 Å². The summed E-state index contributed by atoms with van der Waals surface area (Å²) in [5.41, 5.74) is 2.69. The Bertz CT molecular complexity index is 1110. The van der Waals surface area contributed by atoms with Crippen LogP contribution in [0.25, 0.3) is 0 Å². The molecule has 170 valence electrons. The van der Waals surface area contributed by atoms with Gasteiger partial charge in [-0.05, 0) is 30.0 Å². The number of aromatic nitrogens is 1. The van der Waals surface area contributed by atoms with Gasteiger partial charge in [-0.2, -0.15) is 0 Å². The van der Waals surface area contributed by atoms with Crippen molar-refractivity contribution in [2.75, 3.05) is 13.1 Å². The van der Waals surface area contributed by atoms with Crippen molar-refractivity contribution in [3.63, 3.8) is 0 Å². The summed E-state index contributed by atoms with van der Waals surface area (Å²) in [5.74, 6) is -0.849. The number of Topliss-reactive ketones (excluding diaryl/α,β-unsaturated/α-hetero) is 1. The molecule has 0 radical (unpaired) electrons. The van der Waals surface area contributed by atoms with E-state index in [4.69, 9.17) is 0 Å². The highest BCUT2D eigenvalue weighted by Crippen LogP contribution is 2.36. The molecule has 33 heavy (non-hydrogen) atoms. The molecular formula is C27H29N3O3. The highest BCUT2D eigenvalue weighted by molar-refractivity contribution is 6.02. The lowest BCUT2D eigenvalue weighted by Gasteiger charge is -2.20. The number of hydrogen-bond acceptors (Lipinski definition) is 4. The number of aliphatic hydroxyl groups excluding tert-OH is 1. The fourth-order valence-corrected chi connectivity index (χ4v) is 5.23. The van der Waals surface area contributed by atoms with Gasteiger partial charge in [0.15, 0.2) is 5.78 Å². The monoisotopic (exact) mass is 443 g/mol. The number of carbonyl (C=O) groups excluding carboxylic acids is 2. The van der Waals surface area contributed by atoms with E-state index in [1.165, 1.54) is 0 Å². The molecule has 5 rings (SSSR count). The third-order valence-electron chi connectivity index (χ3n) is 6.91. The van der Waals surface area contributed by atoms with Crippen LogP contribution in [0.4, 0.5) is 0 Å². The summed E-state index contributed by atoms with van der Waals surface area (Å²) in [6.07, 6.45) is 2.05. The Morgan fingerprint density at radius 1 is 0.939 bits per heavy atom. The maximum absolute atomic E-state index is 13.3. The number of benzene rings is 2. The molecule has 2 aliphatic rings. The normalized spacial score (nSPS) is 24.5. The van der Waals surface area contributed by atoms with Gasteiger partial charge in [0, 0.05) is 43.6 Å². The van der Waals surface area contributed by atoms with Gasteiger partial charge in [-0.3, -0.25) is 14.5 Å². The fourth-order valence-electron chi connectivity index (χ4n) is 5.23. The zero-order valence-corrected chi connectivity index (χ0v) is 18.5. The molecule has 6 nitrogen and oxygen atoms in total. The number of ketones is 1. The van der Waals surface area contributed by atoms with Crippen molar-refractivity contribution < 1.29 is 14.7 Å². The number of likely N-dealkylation sites (tertiary alicyclic amines) is 1. The van der Waals surface area contributed by atoms with Gasteiger partial charge in [0.1, 0.15) is 6.23 Å². The molecule has 4 atom stereocenters. The summed E-state index contributed by atoms with van der Waals surface area (Å²) >= 11 is 0. The van der Waals surface area contributed by atoms with Crippen LogP contribution < -0.4 is 5.32 Å². The largest absolute Gasteiger partial charge is 0.378 e. The zero-order valence-electron chi connectivity index (χ0n) is 18.5. The molecular weight excluding hydrogens is 414 g/mol. The first-order valence-electron chi connectivity index (χ1n) is 11.6. The first-order valence-corrected chi connectivity index (χ1v) is 11.6. The molecule has 1 amide bonds. The third kappa shape index (κ3) is 4.49. The van der Waals surface area contributed by atoms with Gasteiger partial charge in [0.05, 0.1) is 11.8 Å². The lowest BCUT2D eigenvalue weighted by atomic mass is 9.85. The van der Waals surface area contributed by atoms with E-state index in [1.807, 2.05) is 71.4 Å². The Morgan fingerprint density at radius 3 is 2.42 bits per heavy atom. The molecule has 0 bridgehead atoms. The van der Waals surface area contributed by atoms with Crippen molar-refractivity contribution in [2.45, 2.75) is 31.7 Å². The van der Waals surface area contributed by atoms with Gasteiger partial charge in [-0.15, -0.1) is 0 Å². The molecule has 0 spiro atoms. The van der Waals surface area contributed by atoms with Crippen LogP contribution in [0.5, 0.6) is 0 Å². The molecule has 2 N–H and O–H groups in total. The Balaban J connectivity index is 1.23. The van der Waals surface area contributed by atoms with Crippen molar-refractivity contribution in [1.82, 2.24) is 14.8 Å². The van der Waals surface area contributed by atoms with E-state index in [2.05, 4.69) is 22.3 Å². The van der Waals surface area contributed by atoms with E-state index >= 15 is 0 Å². The lowest BCUT2D eigenvalue weighted by molar-refractivity contribution is -0.123. The number of hydrogen-bond donors (Lipinski definition) is 2. The van der Waals surface area contributed by atoms with E-state index in [1.54, 1.807) is 0 Å². The maximum Gasteiger partial charge on any atom is 0.229 e. The minimum absolute atomic E-state index is 0.00442. The van der Waals surface area contributed by atoms with E-state index in [0.717, 1.165) is 17.8 Å². The maximum atomic E-state index is 13.3. The van der Waals surface area contributed by atoms with Gasteiger partial charge >= 0.3 is 0 Å². The van der Waals surface area contributed by atoms with Gasteiger partial charge in [-0.1, -0.05) is 60.7 Å². The SMILES string of the molecule is O=C(c1ccccc1)C1Cn2cccc2C1C(=O)NCC1CC(O)N(Cc2ccccc2)C1. The van der Waals surface area contributed by atoms with Crippen LogP contribution in [0.15, 0.2) is 79.0 Å². The van der Waals surface area contributed by atoms with Crippen LogP contribution in [-0.4, -0.2) is 45.6 Å². The summed E-state index contributed by atoms with van der Waals surface area (Å²) in [6.45, 7) is 2.42. The first-order chi connectivity index (χ1) is 16.1. The fraction of sp³-hybridized carbons (Fsp3) is 0.333. The van der Waals surface area contributed by atoms with Crippen molar-refractivity contribution in [3.8, 4) is 0 Å². The van der Waals surface area contributed by atoms with Gasteiger partial charge in [0.25, 0.3) is 0 Å². The second kappa shape index (κ2) is 9.33. The number of nitrogens with zero attached hydrogens (tertiary/aromatic N) is 2. The summed E-state index contributed by atoms with van der Waals surface area (Å²) < 4.78 is 2.01. The number of carbonyl (C=O) groups is 2. The average Bonchev–Trinajstić information content (AvgIpc) is 3.53. The number of fused-ring (bicyclic) bond motifs is 1. The third-order valence-corrected chi connectivity index (χ3v) is 6.91. The van der Waals surface area contributed by atoms with Crippen LogP contribution in [0.2, 0.25) is 0 Å². The number of rotatable bonds is 7. The lowest BCUT2D eigenvalue weighted by Crippen LogP contribution is -2.37. The van der Waals surface area contributed by atoms with E-state index in [0.29, 0.717) is 31.6 Å². The van der Waals surface area contributed by atoms with Gasteiger partial charge in [0.2, 0.25) is 5.91 Å². The molecule has 1 fully saturated rings. The highest BCUT2D eigenvalue weighted by atomic mass is 16.3.